The van der Waals surface area contributed by atoms with E-state index in [0.29, 0.717) is 0 Å². The van der Waals surface area contributed by atoms with Crippen LogP contribution in [0.25, 0.3) is 0 Å². The van der Waals surface area contributed by atoms with Crippen molar-refractivity contribution in [1.29, 1.82) is 0 Å². The zero-order valence-electron chi connectivity index (χ0n) is 11.2. The van der Waals surface area contributed by atoms with Crippen LogP contribution in [0.5, 0.6) is 5.75 Å². The quantitative estimate of drug-likeness (QED) is 0.822. The Morgan fingerprint density at radius 1 is 1.44 bits per heavy atom. The molecule has 1 aromatic rings. The molecule has 0 fully saturated rings. The van der Waals surface area contributed by atoms with Crippen LogP contribution in [0.4, 0.5) is 4.39 Å². The van der Waals surface area contributed by atoms with Crippen molar-refractivity contribution in [2.24, 2.45) is 5.73 Å². The lowest BCUT2D eigenvalue weighted by Gasteiger charge is -2.39. The van der Waals surface area contributed by atoms with E-state index in [-0.39, 0.29) is 17.5 Å². The first-order valence-electron chi connectivity index (χ1n) is 6.78. The summed E-state index contributed by atoms with van der Waals surface area (Å²) in [7, 11) is 0. The standard InChI is InChI=1S/C15H22FNO/c1-3-4-5-8-15(2)10-13(17)12-9-11(16)6-7-14(12)18-15/h6-7,9,13H,3-5,8,10,17H2,1-2H3/t13-,15?/m0/s1. The molecule has 0 radical (unpaired) electrons. The SMILES string of the molecule is CCCCCC1(C)C[C@H](N)c2cc(F)ccc2O1. The molecule has 0 spiro atoms. The van der Waals surface area contributed by atoms with E-state index >= 15 is 0 Å². The Morgan fingerprint density at radius 3 is 2.94 bits per heavy atom. The monoisotopic (exact) mass is 251 g/mol. The first-order chi connectivity index (χ1) is 8.54. The Hall–Kier alpha value is -1.09. The number of nitrogens with two attached hydrogens (primary N) is 1. The molecule has 3 heteroatoms. The maximum Gasteiger partial charge on any atom is 0.125 e. The number of hydrogen-bond acceptors (Lipinski definition) is 2. The predicted octanol–water partition coefficient (Wildman–Crippen LogP) is 3.95. The van der Waals surface area contributed by atoms with Crippen LogP contribution >= 0.6 is 0 Å². The van der Waals surface area contributed by atoms with Crippen molar-refractivity contribution in [2.75, 3.05) is 0 Å². The van der Waals surface area contributed by atoms with E-state index in [2.05, 4.69) is 13.8 Å². The first kappa shape index (κ1) is 13.3. The second-order valence-electron chi connectivity index (χ2n) is 5.50. The van der Waals surface area contributed by atoms with Crippen molar-refractivity contribution in [2.45, 2.75) is 57.6 Å². The van der Waals surface area contributed by atoms with E-state index in [1.165, 1.54) is 25.0 Å². The van der Waals surface area contributed by atoms with Gasteiger partial charge in [-0.05, 0) is 38.0 Å². The Bertz CT molecular complexity index is 421. The highest BCUT2D eigenvalue weighted by atomic mass is 19.1. The van der Waals surface area contributed by atoms with Gasteiger partial charge in [0.1, 0.15) is 17.2 Å². The van der Waals surface area contributed by atoms with E-state index in [0.717, 1.165) is 30.6 Å². The molecule has 1 aliphatic heterocycles. The molecule has 0 saturated heterocycles. The third-order valence-electron chi connectivity index (χ3n) is 3.69. The molecular weight excluding hydrogens is 229 g/mol. The Kier molecular flexibility index (Phi) is 3.91. The van der Waals surface area contributed by atoms with Crippen LogP contribution in [0.3, 0.4) is 0 Å². The van der Waals surface area contributed by atoms with Crippen molar-refractivity contribution in [1.82, 2.24) is 0 Å². The lowest BCUT2D eigenvalue weighted by Crippen LogP contribution is -2.40. The minimum atomic E-state index is -0.248. The van der Waals surface area contributed by atoms with Crippen LogP contribution in [0.1, 0.15) is 57.6 Å². The third-order valence-corrected chi connectivity index (χ3v) is 3.69. The molecule has 2 rings (SSSR count). The molecule has 0 bridgehead atoms. The maximum absolute atomic E-state index is 13.2. The smallest absolute Gasteiger partial charge is 0.125 e. The van der Waals surface area contributed by atoms with Crippen LogP contribution < -0.4 is 10.5 Å². The summed E-state index contributed by atoms with van der Waals surface area (Å²) in [5.74, 6) is 0.497. The molecular formula is C15H22FNO. The number of halogens is 1. The van der Waals surface area contributed by atoms with Crippen LogP contribution in [0.2, 0.25) is 0 Å². The van der Waals surface area contributed by atoms with Gasteiger partial charge in [-0.25, -0.2) is 4.39 Å². The molecule has 1 aromatic carbocycles. The highest BCUT2D eigenvalue weighted by molar-refractivity contribution is 5.39. The number of benzene rings is 1. The topological polar surface area (TPSA) is 35.2 Å². The summed E-state index contributed by atoms with van der Waals surface area (Å²) in [6.45, 7) is 4.29. The molecule has 2 nitrogen and oxygen atoms in total. The molecule has 1 heterocycles. The van der Waals surface area contributed by atoms with Crippen molar-refractivity contribution < 1.29 is 9.13 Å². The predicted molar refractivity (Wildman–Crippen MR) is 71.1 cm³/mol. The lowest BCUT2D eigenvalue weighted by atomic mass is 9.85. The molecule has 0 saturated carbocycles. The van der Waals surface area contributed by atoms with Crippen LogP contribution in [-0.2, 0) is 0 Å². The van der Waals surface area contributed by atoms with E-state index in [4.69, 9.17) is 10.5 Å². The fourth-order valence-electron chi connectivity index (χ4n) is 2.69. The molecule has 0 aliphatic carbocycles. The Balaban J connectivity index is 2.14. The number of rotatable bonds is 4. The highest BCUT2D eigenvalue weighted by Gasteiger charge is 2.35. The first-order valence-corrected chi connectivity index (χ1v) is 6.78. The number of fused-ring (bicyclic) bond motifs is 1. The normalized spacial score (nSPS) is 26.6. The second kappa shape index (κ2) is 5.27. The summed E-state index contributed by atoms with van der Waals surface area (Å²) >= 11 is 0. The van der Waals surface area contributed by atoms with Gasteiger partial charge in [0.05, 0.1) is 0 Å². The largest absolute Gasteiger partial charge is 0.487 e. The summed E-state index contributed by atoms with van der Waals surface area (Å²) in [6, 6.07) is 4.49. The molecule has 100 valence electrons. The fraction of sp³-hybridized carbons (Fsp3) is 0.600. The summed E-state index contributed by atoms with van der Waals surface area (Å²) < 4.78 is 19.2. The fourth-order valence-corrected chi connectivity index (χ4v) is 2.69. The second-order valence-corrected chi connectivity index (χ2v) is 5.50. The van der Waals surface area contributed by atoms with Crippen LogP contribution in [0, 0.1) is 5.82 Å². The molecule has 2 atom stereocenters. The molecule has 1 unspecified atom stereocenters. The summed E-state index contributed by atoms with van der Waals surface area (Å²) in [5, 5.41) is 0. The Labute approximate surface area is 108 Å². The van der Waals surface area contributed by atoms with Crippen molar-refractivity contribution in [3.8, 4) is 5.75 Å². The van der Waals surface area contributed by atoms with Gasteiger partial charge in [-0.2, -0.15) is 0 Å². The molecule has 1 aliphatic rings. The van der Waals surface area contributed by atoms with Gasteiger partial charge in [-0.1, -0.05) is 19.8 Å². The van der Waals surface area contributed by atoms with Gasteiger partial charge in [-0.15, -0.1) is 0 Å². The summed E-state index contributed by atoms with van der Waals surface area (Å²) in [5.41, 5.74) is 6.73. The summed E-state index contributed by atoms with van der Waals surface area (Å²) in [4.78, 5) is 0. The number of unbranched alkanes of at least 4 members (excludes halogenated alkanes) is 2. The minimum absolute atomic E-state index is 0.129. The van der Waals surface area contributed by atoms with Gasteiger partial charge in [-0.3, -0.25) is 0 Å². The molecule has 0 aromatic heterocycles. The van der Waals surface area contributed by atoms with Gasteiger partial charge >= 0.3 is 0 Å². The van der Waals surface area contributed by atoms with Crippen LogP contribution in [0.15, 0.2) is 18.2 Å². The lowest BCUT2D eigenvalue weighted by molar-refractivity contribution is 0.0429. The zero-order chi connectivity index (χ0) is 13.2. The van der Waals surface area contributed by atoms with E-state index in [1.54, 1.807) is 6.07 Å². The minimum Gasteiger partial charge on any atom is -0.487 e. The van der Waals surface area contributed by atoms with E-state index < -0.39 is 0 Å². The van der Waals surface area contributed by atoms with Gasteiger partial charge < -0.3 is 10.5 Å². The summed E-state index contributed by atoms with van der Waals surface area (Å²) in [6.07, 6.45) is 5.32. The van der Waals surface area contributed by atoms with Gasteiger partial charge in [0.2, 0.25) is 0 Å². The maximum atomic E-state index is 13.2. The van der Waals surface area contributed by atoms with E-state index in [1.807, 2.05) is 0 Å². The van der Waals surface area contributed by atoms with E-state index in [9.17, 15) is 4.39 Å². The average Bonchev–Trinajstić information content (AvgIpc) is 2.31. The number of hydrogen-bond donors (Lipinski definition) is 1. The molecule has 2 N–H and O–H groups in total. The van der Waals surface area contributed by atoms with Gasteiger partial charge in [0, 0.05) is 18.0 Å². The molecule has 18 heavy (non-hydrogen) atoms. The average molecular weight is 251 g/mol. The highest BCUT2D eigenvalue weighted by Crippen LogP contribution is 2.40. The third kappa shape index (κ3) is 2.83. The van der Waals surface area contributed by atoms with Gasteiger partial charge in [0.15, 0.2) is 0 Å². The van der Waals surface area contributed by atoms with Gasteiger partial charge in [0.25, 0.3) is 0 Å². The van der Waals surface area contributed by atoms with Crippen LogP contribution in [-0.4, -0.2) is 5.60 Å². The Morgan fingerprint density at radius 2 is 2.22 bits per heavy atom. The van der Waals surface area contributed by atoms with Crippen molar-refractivity contribution in [3.63, 3.8) is 0 Å². The van der Waals surface area contributed by atoms with Crippen molar-refractivity contribution >= 4 is 0 Å². The zero-order valence-corrected chi connectivity index (χ0v) is 11.2. The molecule has 0 amide bonds. The van der Waals surface area contributed by atoms with Crippen molar-refractivity contribution in [3.05, 3.63) is 29.6 Å². The number of ether oxygens (including phenoxy) is 1.